The Morgan fingerprint density at radius 2 is 1.27 bits per heavy atom. The summed E-state index contributed by atoms with van der Waals surface area (Å²) in [5, 5.41) is 2.58. The fraction of sp³-hybridized carbons (Fsp3) is 0.103. The second-order valence-electron chi connectivity index (χ2n) is 8.09. The van der Waals surface area contributed by atoms with Gasteiger partial charge in [0, 0.05) is 0 Å². The fourth-order valence-electron chi connectivity index (χ4n) is 4.98. The summed E-state index contributed by atoms with van der Waals surface area (Å²) in [4.78, 5) is 0. The van der Waals surface area contributed by atoms with Crippen LogP contribution in [-0.4, -0.2) is 7.11 Å². The number of benzene rings is 4. The third-order valence-electron chi connectivity index (χ3n) is 6.44. The van der Waals surface area contributed by atoms with Crippen molar-refractivity contribution in [3.05, 3.63) is 120 Å². The molecule has 0 unspecified atom stereocenters. The van der Waals surface area contributed by atoms with E-state index in [-0.39, 0.29) is 24.8 Å². The quantitative estimate of drug-likeness (QED) is 0.332. The van der Waals surface area contributed by atoms with E-state index in [1.165, 1.54) is 39.1 Å². The Labute approximate surface area is 212 Å². The van der Waals surface area contributed by atoms with Crippen LogP contribution in [0, 0.1) is 0 Å². The molecule has 33 heavy (non-hydrogen) atoms. The zero-order valence-corrected chi connectivity index (χ0v) is 21.8. The van der Waals surface area contributed by atoms with Gasteiger partial charge in [-0.05, 0) is 0 Å². The number of hydrogen-bond acceptors (Lipinski definition) is 1. The first kappa shape index (κ1) is 25.5. The van der Waals surface area contributed by atoms with E-state index in [0.717, 1.165) is 6.42 Å². The maximum atomic E-state index is 6.78. The van der Waals surface area contributed by atoms with Crippen LogP contribution >= 0.6 is 0 Å². The largest absolute Gasteiger partial charge is 1.00 e. The number of rotatable bonds is 5. The van der Waals surface area contributed by atoms with Crippen molar-refractivity contribution in [3.63, 3.8) is 0 Å². The average molecular weight is 509 g/mol. The van der Waals surface area contributed by atoms with Crippen LogP contribution < -0.4 is 36.4 Å². The number of allylic oxidation sites excluding steroid dienone is 4. The molecule has 1 aliphatic rings. The van der Waals surface area contributed by atoms with E-state index in [1.807, 2.05) is 7.11 Å². The maximum Gasteiger partial charge on any atom is -1.00 e. The van der Waals surface area contributed by atoms with Crippen LogP contribution in [0.4, 0.5) is 0 Å². The van der Waals surface area contributed by atoms with Crippen LogP contribution in [0.3, 0.4) is 0 Å². The molecule has 0 amide bonds. The average Bonchev–Trinajstić information content (AvgIpc) is 3.27. The van der Waals surface area contributed by atoms with Gasteiger partial charge in [-0.2, -0.15) is 0 Å². The second kappa shape index (κ2) is 10.9. The predicted octanol–water partition coefficient (Wildman–Crippen LogP) is -0.427. The standard InChI is InChI=1S/C16H13.2C6H5.CH3O.2ClH.Ti/c1-12-5-4-8-16(12)15-10-9-13-6-2-3-7-14(13)11-15;2*1-2-4-6-5-3-1;1-2;;;/h2-7,9-10H,8H2,1H3;2*1-5H;1H3;2*1H;/q;;;-1;;;+3/p-2. The van der Waals surface area contributed by atoms with Crippen molar-refractivity contribution >= 4 is 28.0 Å². The molecule has 1 aliphatic carbocycles. The summed E-state index contributed by atoms with van der Waals surface area (Å²) >= 11 is -3.48. The van der Waals surface area contributed by atoms with Crippen molar-refractivity contribution in [2.75, 3.05) is 7.11 Å². The molecule has 5 rings (SSSR count). The smallest absolute Gasteiger partial charge is 1.00 e. The number of fused-ring (bicyclic) bond motifs is 1. The molecule has 0 bridgehead atoms. The minimum atomic E-state index is -3.48. The molecule has 0 N–H and O–H groups in total. The maximum absolute atomic E-state index is 6.78. The first-order valence-electron chi connectivity index (χ1n) is 10.8. The Kier molecular flexibility index (Phi) is 8.40. The van der Waals surface area contributed by atoms with E-state index in [4.69, 9.17) is 3.32 Å². The van der Waals surface area contributed by atoms with Crippen LogP contribution in [0.15, 0.2) is 115 Å². The second-order valence-corrected chi connectivity index (χ2v) is 13.4. The monoisotopic (exact) mass is 508 g/mol. The molecule has 166 valence electrons. The molecule has 0 aliphatic heterocycles. The topological polar surface area (TPSA) is 9.23 Å². The normalized spacial score (nSPS) is 12.5. The molecule has 0 saturated heterocycles. The van der Waals surface area contributed by atoms with Crippen molar-refractivity contribution < 1.29 is 45.1 Å². The Morgan fingerprint density at radius 3 is 1.82 bits per heavy atom. The van der Waals surface area contributed by atoms with E-state index in [2.05, 4.69) is 116 Å². The summed E-state index contributed by atoms with van der Waals surface area (Å²) in [6.45, 7) is 2.23. The van der Waals surface area contributed by atoms with Crippen molar-refractivity contribution in [3.8, 4) is 0 Å². The summed E-state index contributed by atoms with van der Waals surface area (Å²) in [6.07, 6.45) is 5.50. The van der Waals surface area contributed by atoms with Gasteiger partial charge in [-0.3, -0.25) is 0 Å². The van der Waals surface area contributed by atoms with Crippen molar-refractivity contribution in [1.29, 1.82) is 0 Å². The number of halogens is 2. The molecule has 4 heteroatoms. The third-order valence-corrected chi connectivity index (χ3v) is 12.9. The summed E-state index contributed by atoms with van der Waals surface area (Å²) in [7, 11) is 1.92. The van der Waals surface area contributed by atoms with E-state index in [0.29, 0.717) is 0 Å². The fourth-order valence-corrected chi connectivity index (χ4v) is 11.4. The molecule has 4 aromatic rings. The van der Waals surface area contributed by atoms with Crippen molar-refractivity contribution in [2.24, 2.45) is 0 Å². The molecule has 4 aromatic carbocycles. The molecule has 0 atom stereocenters. The minimum Gasteiger partial charge on any atom is -1.00 e. The van der Waals surface area contributed by atoms with E-state index in [9.17, 15) is 0 Å². The molecular weight excluding hydrogens is 483 g/mol. The van der Waals surface area contributed by atoms with Gasteiger partial charge >= 0.3 is 189 Å². The van der Waals surface area contributed by atoms with Gasteiger partial charge in [-0.15, -0.1) is 0 Å². The molecule has 0 fully saturated rings. The van der Waals surface area contributed by atoms with Crippen LogP contribution in [-0.2, 0) is 20.3 Å². The van der Waals surface area contributed by atoms with Gasteiger partial charge in [0.2, 0.25) is 0 Å². The van der Waals surface area contributed by atoms with Gasteiger partial charge in [-0.25, -0.2) is 0 Å². The van der Waals surface area contributed by atoms with Crippen molar-refractivity contribution in [1.82, 2.24) is 0 Å². The van der Waals surface area contributed by atoms with E-state index >= 15 is 0 Å². The van der Waals surface area contributed by atoms with E-state index < -0.39 is 17.0 Å². The van der Waals surface area contributed by atoms with Crippen LogP contribution in [0.25, 0.3) is 16.3 Å². The Morgan fingerprint density at radius 1 is 0.697 bits per heavy atom. The predicted molar refractivity (Wildman–Crippen MR) is 129 cm³/mol. The van der Waals surface area contributed by atoms with E-state index in [1.54, 1.807) is 0 Å². The van der Waals surface area contributed by atoms with Crippen LogP contribution in [0.2, 0.25) is 0 Å². The van der Waals surface area contributed by atoms with Gasteiger partial charge in [0.05, 0.1) is 0 Å². The zero-order chi connectivity index (χ0) is 21.3. The molecular formula is C29H26Cl2OTi. The first-order chi connectivity index (χ1) is 15.3. The Balaban J connectivity index is 0.00000153. The van der Waals surface area contributed by atoms with Crippen LogP contribution in [0.5, 0.6) is 0 Å². The summed E-state index contributed by atoms with van der Waals surface area (Å²) in [5.74, 6) is 0. The number of hydrogen-bond donors (Lipinski definition) is 0. The van der Waals surface area contributed by atoms with Crippen molar-refractivity contribution in [2.45, 2.75) is 13.3 Å². The van der Waals surface area contributed by atoms with Crippen LogP contribution in [0.1, 0.15) is 18.9 Å². The molecule has 0 spiro atoms. The minimum absolute atomic E-state index is 0. The molecule has 0 radical (unpaired) electrons. The molecule has 0 aromatic heterocycles. The third kappa shape index (κ3) is 4.37. The Bertz CT molecular complexity index is 1260. The van der Waals surface area contributed by atoms with Gasteiger partial charge in [0.1, 0.15) is 0 Å². The Hall–Kier alpha value is -2.13. The van der Waals surface area contributed by atoms with Gasteiger partial charge < -0.3 is 24.8 Å². The van der Waals surface area contributed by atoms with Gasteiger partial charge in [-0.1, -0.05) is 0 Å². The molecule has 0 saturated carbocycles. The molecule has 0 heterocycles. The van der Waals surface area contributed by atoms with Gasteiger partial charge in [0.15, 0.2) is 0 Å². The summed E-state index contributed by atoms with van der Waals surface area (Å²) in [6, 6.07) is 35.2. The summed E-state index contributed by atoms with van der Waals surface area (Å²) in [5.41, 5.74) is 4.11. The van der Waals surface area contributed by atoms with Gasteiger partial charge in [0.25, 0.3) is 0 Å². The first-order valence-corrected chi connectivity index (χ1v) is 13.8. The summed E-state index contributed by atoms with van der Waals surface area (Å²) < 4.78 is 10.8. The zero-order valence-electron chi connectivity index (χ0n) is 18.8. The SMILES string of the molecule is C[O][Ti+2]([c]1ccccc1)([c]1ccccc1)[c]1c(C2=C(C)C=CC2)ccc2ccccc12.[Cl-].[Cl-]. The molecule has 1 nitrogen and oxygen atoms in total.